The van der Waals surface area contributed by atoms with Crippen LogP contribution in [0.25, 0.3) is 0 Å². The summed E-state index contributed by atoms with van der Waals surface area (Å²) in [4.78, 5) is 15.0. The Morgan fingerprint density at radius 1 is 1.22 bits per heavy atom. The highest BCUT2D eigenvalue weighted by Crippen LogP contribution is 2.38. The zero-order valence-electron chi connectivity index (χ0n) is 15.5. The minimum absolute atomic E-state index is 0.0141. The molecule has 3 nitrogen and oxygen atoms in total. The number of alkyl halides is 3. The molecule has 1 amide bonds. The maximum Gasteiger partial charge on any atom is 0.416 e. The first kappa shape index (κ1) is 19.7. The molecule has 1 saturated heterocycles. The Hall–Kier alpha value is -2.08. The van der Waals surface area contributed by atoms with Crippen LogP contribution in [0.5, 0.6) is 0 Å². The first-order valence-corrected chi connectivity index (χ1v) is 9.25. The summed E-state index contributed by atoms with van der Waals surface area (Å²) in [6.45, 7) is 3.28. The summed E-state index contributed by atoms with van der Waals surface area (Å²) >= 11 is 0. The van der Waals surface area contributed by atoms with Crippen LogP contribution in [-0.2, 0) is 4.79 Å². The second kappa shape index (κ2) is 7.89. The van der Waals surface area contributed by atoms with Crippen LogP contribution in [0.4, 0.5) is 13.2 Å². The van der Waals surface area contributed by atoms with Crippen molar-refractivity contribution in [3.63, 3.8) is 0 Å². The van der Waals surface area contributed by atoms with Crippen molar-refractivity contribution in [3.8, 4) is 0 Å². The van der Waals surface area contributed by atoms with Crippen LogP contribution in [0.1, 0.15) is 24.9 Å². The number of hydrogen-bond donors (Lipinski definition) is 1. The van der Waals surface area contributed by atoms with Gasteiger partial charge in [-0.2, -0.15) is 13.2 Å². The van der Waals surface area contributed by atoms with Crippen molar-refractivity contribution < 1.29 is 18.0 Å². The Morgan fingerprint density at radius 3 is 2.52 bits per heavy atom. The largest absolute Gasteiger partial charge is 0.416 e. The van der Waals surface area contributed by atoms with Crippen LogP contribution >= 0.6 is 0 Å². The summed E-state index contributed by atoms with van der Waals surface area (Å²) in [5.74, 6) is -0.291. The minimum Gasteiger partial charge on any atom is -0.349 e. The van der Waals surface area contributed by atoms with Crippen LogP contribution in [0.15, 0.2) is 54.1 Å². The van der Waals surface area contributed by atoms with Crippen LogP contribution < -0.4 is 5.32 Å². The van der Waals surface area contributed by atoms with E-state index in [1.807, 2.05) is 44.3 Å². The highest BCUT2D eigenvalue weighted by Gasteiger charge is 2.41. The Bertz CT molecular complexity index is 727. The van der Waals surface area contributed by atoms with E-state index in [1.165, 1.54) is 6.08 Å². The number of hydrogen-bond acceptors (Lipinski definition) is 2. The number of allylic oxidation sites excluding steroid dienone is 4. The summed E-state index contributed by atoms with van der Waals surface area (Å²) in [7, 11) is 1.95. The minimum atomic E-state index is -4.31. The number of nitrogens with zero attached hydrogens (tertiary/aromatic N) is 1. The van der Waals surface area contributed by atoms with E-state index in [1.54, 1.807) is 6.08 Å². The topological polar surface area (TPSA) is 32.3 Å². The average Bonchev–Trinajstić information content (AvgIpc) is 3.04. The van der Waals surface area contributed by atoms with Crippen LogP contribution in [0, 0.1) is 17.8 Å². The zero-order chi connectivity index (χ0) is 19.6. The second-order valence-corrected chi connectivity index (χ2v) is 7.55. The predicted octanol–water partition coefficient (Wildman–Crippen LogP) is 4.11. The predicted molar refractivity (Wildman–Crippen MR) is 98.9 cm³/mol. The van der Waals surface area contributed by atoms with E-state index in [9.17, 15) is 18.0 Å². The maximum absolute atomic E-state index is 12.9. The molecule has 0 aromatic heterocycles. The third-order valence-corrected chi connectivity index (χ3v) is 5.55. The number of amides is 1. The van der Waals surface area contributed by atoms with E-state index in [0.717, 1.165) is 11.6 Å². The summed E-state index contributed by atoms with van der Waals surface area (Å²) in [5.41, 5.74) is 0.438. The van der Waals surface area contributed by atoms with E-state index < -0.39 is 11.7 Å². The molecule has 0 radical (unpaired) electrons. The van der Waals surface area contributed by atoms with Gasteiger partial charge < -0.3 is 10.2 Å². The third kappa shape index (κ3) is 4.61. The van der Waals surface area contributed by atoms with Gasteiger partial charge in [-0.15, -0.1) is 0 Å². The molecular formula is C21H25F3N2O. The van der Waals surface area contributed by atoms with Gasteiger partial charge in [-0.3, -0.25) is 4.79 Å². The Balaban J connectivity index is 1.67. The maximum atomic E-state index is 12.9. The fraction of sp³-hybridized carbons (Fsp3) is 0.476. The molecule has 0 spiro atoms. The first-order chi connectivity index (χ1) is 12.8. The molecule has 1 aliphatic carbocycles. The molecule has 3 rings (SSSR count). The highest BCUT2D eigenvalue weighted by atomic mass is 19.4. The molecule has 146 valence electrons. The molecule has 1 aliphatic heterocycles. The highest BCUT2D eigenvalue weighted by molar-refractivity contribution is 5.80. The number of carbonyl (C=O) groups is 1. The van der Waals surface area contributed by atoms with Gasteiger partial charge in [-0.25, -0.2) is 0 Å². The van der Waals surface area contributed by atoms with Gasteiger partial charge in [0.25, 0.3) is 0 Å². The molecule has 1 fully saturated rings. The lowest BCUT2D eigenvalue weighted by Gasteiger charge is -2.28. The first-order valence-electron chi connectivity index (χ1n) is 9.25. The molecule has 1 N–H and O–H groups in total. The summed E-state index contributed by atoms with van der Waals surface area (Å²) in [5, 5.41) is 3.08. The van der Waals surface area contributed by atoms with Crippen LogP contribution in [-0.4, -0.2) is 37.1 Å². The number of carbonyl (C=O) groups excluding carboxylic acids is 1. The van der Waals surface area contributed by atoms with Crippen molar-refractivity contribution in [1.82, 2.24) is 10.2 Å². The SMILES string of the molecule is C[C@H](NC(=O)[C@@H]1CN(C)C[C@H]1C1C=CC(C(F)(F)F)=CC1)c1ccccc1. The fourth-order valence-corrected chi connectivity index (χ4v) is 4.05. The standard InChI is InChI=1S/C21H25F3N2O/c1-14(15-6-4-3-5-7-15)25-20(27)19-13-26(2)12-18(19)16-8-10-17(11-9-16)21(22,23)24/h3-8,10-11,14,16,18-19H,9,12-13H2,1-2H3,(H,25,27)/t14-,16?,18-,19+/m0/s1. The Morgan fingerprint density at radius 2 is 1.93 bits per heavy atom. The molecular weight excluding hydrogens is 353 g/mol. The number of nitrogens with one attached hydrogen (secondary N) is 1. The number of benzene rings is 1. The Kier molecular flexibility index (Phi) is 5.75. The van der Waals surface area contributed by atoms with Gasteiger partial charge in [0.15, 0.2) is 0 Å². The van der Waals surface area contributed by atoms with Gasteiger partial charge in [-0.05, 0) is 37.8 Å². The lowest BCUT2D eigenvalue weighted by molar-refractivity contribution is -0.126. The molecule has 2 aliphatic rings. The van der Waals surface area contributed by atoms with Crippen molar-refractivity contribution in [2.75, 3.05) is 20.1 Å². The van der Waals surface area contributed by atoms with Gasteiger partial charge in [0.2, 0.25) is 5.91 Å². The van der Waals surface area contributed by atoms with Gasteiger partial charge in [0.05, 0.1) is 17.5 Å². The third-order valence-electron chi connectivity index (χ3n) is 5.55. The van der Waals surface area contributed by atoms with E-state index in [2.05, 4.69) is 10.2 Å². The molecule has 1 heterocycles. The smallest absolute Gasteiger partial charge is 0.349 e. The monoisotopic (exact) mass is 378 g/mol. The Labute approximate surface area is 157 Å². The van der Waals surface area contributed by atoms with Crippen molar-refractivity contribution in [1.29, 1.82) is 0 Å². The molecule has 0 bridgehead atoms. The van der Waals surface area contributed by atoms with E-state index in [0.29, 0.717) is 19.5 Å². The van der Waals surface area contributed by atoms with Gasteiger partial charge in [0.1, 0.15) is 0 Å². The molecule has 1 unspecified atom stereocenters. The summed E-state index contributed by atoms with van der Waals surface area (Å²) < 4.78 is 38.5. The lowest BCUT2D eigenvalue weighted by atomic mass is 9.79. The quantitative estimate of drug-likeness (QED) is 0.855. The van der Waals surface area contributed by atoms with Crippen molar-refractivity contribution in [3.05, 3.63) is 59.7 Å². The van der Waals surface area contributed by atoms with Gasteiger partial charge in [-0.1, -0.05) is 48.6 Å². The lowest BCUT2D eigenvalue weighted by Crippen LogP contribution is -2.38. The van der Waals surface area contributed by atoms with Crippen LogP contribution in [0.2, 0.25) is 0 Å². The van der Waals surface area contributed by atoms with Gasteiger partial charge >= 0.3 is 6.18 Å². The van der Waals surface area contributed by atoms with Gasteiger partial charge in [0, 0.05) is 13.1 Å². The van der Waals surface area contributed by atoms with E-state index in [-0.39, 0.29) is 29.7 Å². The van der Waals surface area contributed by atoms with Crippen LogP contribution in [0.3, 0.4) is 0 Å². The van der Waals surface area contributed by atoms with E-state index >= 15 is 0 Å². The molecule has 1 aromatic rings. The summed E-state index contributed by atoms with van der Waals surface area (Å²) in [6, 6.07) is 9.62. The molecule has 1 aromatic carbocycles. The number of likely N-dealkylation sites (tertiary alicyclic amines) is 1. The average molecular weight is 378 g/mol. The van der Waals surface area contributed by atoms with Crippen molar-refractivity contribution in [2.45, 2.75) is 25.6 Å². The molecule has 0 saturated carbocycles. The fourth-order valence-electron chi connectivity index (χ4n) is 4.05. The number of rotatable bonds is 4. The number of halogens is 3. The van der Waals surface area contributed by atoms with E-state index in [4.69, 9.17) is 0 Å². The second-order valence-electron chi connectivity index (χ2n) is 7.55. The molecule has 6 heteroatoms. The molecule has 4 atom stereocenters. The molecule has 27 heavy (non-hydrogen) atoms. The van der Waals surface area contributed by atoms with Crippen molar-refractivity contribution in [2.24, 2.45) is 17.8 Å². The summed E-state index contributed by atoms with van der Waals surface area (Å²) in [6.07, 6.45) is 0.0594. The van der Waals surface area contributed by atoms with Crippen molar-refractivity contribution >= 4 is 5.91 Å². The normalized spacial score (nSPS) is 27.3. The zero-order valence-corrected chi connectivity index (χ0v) is 15.5.